The van der Waals surface area contributed by atoms with E-state index in [1.807, 2.05) is 0 Å². The van der Waals surface area contributed by atoms with Crippen molar-refractivity contribution in [2.24, 2.45) is 5.92 Å². The van der Waals surface area contributed by atoms with E-state index in [0.29, 0.717) is 11.7 Å². The number of hydrogen-bond donors (Lipinski definition) is 0. The molecule has 2 heteroatoms. The Bertz CT molecular complexity index is 228. The normalized spacial score (nSPS) is 22.7. The largest absolute Gasteiger partial charge is 0.300 e. The Kier molecular flexibility index (Phi) is 4.33. The van der Waals surface area contributed by atoms with E-state index in [2.05, 4.69) is 31.7 Å². The lowest BCUT2D eigenvalue weighted by Gasteiger charge is -2.23. The molecule has 0 N–H and O–H groups in total. The van der Waals surface area contributed by atoms with Crippen molar-refractivity contribution < 1.29 is 4.79 Å². The third kappa shape index (κ3) is 2.95. The fourth-order valence-electron chi connectivity index (χ4n) is 1.83. The minimum atomic E-state index is 0.357. The molecule has 1 rings (SSSR count). The van der Waals surface area contributed by atoms with E-state index in [1.54, 1.807) is 0 Å². The number of allylic oxidation sites excluding steroid dienone is 1. The molecule has 14 heavy (non-hydrogen) atoms. The highest BCUT2D eigenvalue weighted by molar-refractivity contribution is 5.96. The molecule has 0 aromatic carbocycles. The third-order valence-electron chi connectivity index (χ3n) is 2.95. The fourth-order valence-corrected chi connectivity index (χ4v) is 1.83. The molecule has 0 spiro atoms. The highest BCUT2D eigenvalue weighted by Gasteiger charge is 2.19. The molecule has 2 nitrogen and oxygen atoms in total. The van der Waals surface area contributed by atoms with Gasteiger partial charge in [-0.15, -0.1) is 0 Å². The lowest BCUT2D eigenvalue weighted by Crippen LogP contribution is -2.29. The van der Waals surface area contributed by atoms with Crippen LogP contribution in [-0.2, 0) is 4.79 Å². The number of hydrogen-bond acceptors (Lipinski definition) is 2. The summed E-state index contributed by atoms with van der Waals surface area (Å²) in [6, 6.07) is 0. The van der Waals surface area contributed by atoms with E-state index in [1.165, 1.54) is 0 Å². The molecular formula is C12H21NO. The maximum atomic E-state index is 11.7. The standard InChI is InChI=1S/C12H21NO/c1-4-13(5-2)9-11-7-6-10(3)8-12(11)14/h7,10H,4-6,8-9H2,1-3H3. The van der Waals surface area contributed by atoms with E-state index in [-0.39, 0.29) is 0 Å². The van der Waals surface area contributed by atoms with Crippen LogP contribution < -0.4 is 0 Å². The SMILES string of the molecule is CCN(CC)CC1=CCC(C)CC1=O. The van der Waals surface area contributed by atoms with Crippen LogP contribution in [0, 0.1) is 5.92 Å². The second-order valence-electron chi connectivity index (χ2n) is 4.16. The van der Waals surface area contributed by atoms with Gasteiger partial charge in [-0.1, -0.05) is 26.8 Å². The summed E-state index contributed by atoms with van der Waals surface area (Å²) in [5.41, 5.74) is 1.03. The van der Waals surface area contributed by atoms with Crippen molar-refractivity contribution in [3.63, 3.8) is 0 Å². The van der Waals surface area contributed by atoms with Crippen molar-refractivity contribution in [2.45, 2.75) is 33.6 Å². The topological polar surface area (TPSA) is 20.3 Å². The summed E-state index contributed by atoms with van der Waals surface area (Å²) in [7, 11) is 0. The second-order valence-corrected chi connectivity index (χ2v) is 4.16. The Morgan fingerprint density at radius 1 is 1.43 bits per heavy atom. The molecule has 0 aliphatic heterocycles. The van der Waals surface area contributed by atoms with Crippen molar-refractivity contribution in [1.29, 1.82) is 0 Å². The number of nitrogens with zero attached hydrogens (tertiary/aromatic N) is 1. The molecule has 0 radical (unpaired) electrons. The number of carbonyl (C=O) groups is 1. The number of likely N-dealkylation sites (N-methyl/N-ethyl adjacent to an activating group) is 1. The molecule has 0 saturated heterocycles. The molecule has 0 fully saturated rings. The minimum Gasteiger partial charge on any atom is -0.300 e. The Labute approximate surface area is 87.0 Å². The van der Waals surface area contributed by atoms with Gasteiger partial charge in [0.1, 0.15) is 0 Å². The predicted octanol–water partition coefficient (Wildman–Crippen LogP) is 2.25. The molecule has 0 bridgehead atoms. The van der Waals surface area contributed by atoms with Crippen LogP contribution in [-0.4, -0.2) is 30.3 Å². The van der Waals surface area contributed by atoms with E-state index in [4.69, 9.17) is 0 Å². The second kappa shape index (κ2) is 5.30. The molecule has 1 atom stereocenters. The van der Waals surface area contributed by atoms with Gasteiger partial charge in [0, 0.05) is 18.5 Å². The van der Waals surface area contributed by atoms with Crippen LogP contribution in [0.25, 0.3) is 0 Å². The van der Waals surface area contributed by atoms with Crippen LogP contribution in [0.15, 0.2) is 11.6 Å². The molecule has 80 valence electrons. The van der Waals surface area contributed by atoms with Gasteiger partial charge in [-0.05, 0) is 25.4 Å². The molecule has 0 aromatic heterocycles. The average molecular weight is 195 g/mol. The zero-order valence-corrected chi connectivity index (χ0v) is 9.55. The molecule has 0 amide bonds. The Balaban J connectivity index is 2.55. The monoisotopic (exact) mass is 195 g/mol. The van der Waals surface area contributed by atoms with Crippen molar-refractivity contribution >= 4 is 5.78 Å². The Morgan fingerprint density at radius 3 is 2.57 bits per heavy atom. The first-order valence-electron chi connectivity index (χ1n) is 5.61. The summed E-state index contributed by atoms with van der Waals surface area (Å²) in [6.07, 6.45) is 3.95. The average Bonchev–Trinajstić information content (AvgIpc) is 2.17. The Hall–Kier alpha value is -0.630. The maximum Gasteiger partial charge on any atom is 0.160 e. The quantitative estimate of drug-likeness (QED) is 0.685. The van der Waals surface area contributed by atoms with Crippen molar-refractivity contribution in [1.82, 2.24) is 4.90 Å². The summed E-state index contributed by atoms with van der Waals surface area (Å²) in [5.74, 6) is 0.901. The summed E-state index contributed by atoms with van der Waals surface area (Å²) >= 11 is 0. The predicted molar refractivity (Wildman–Crippen MR) is 59.3 cm³/mol. The molecule has 0 aromatic rings. The maximum absolute atomic E-state index is 11.7. The van der Waals surface area contributed by atoms with Gasteiger partial charge in [0.25, 0.3) is 0 Å². The number of Topliss-reactive ketones (excluding diaryl/α,β-unsaturated/α-hetero) is 1. The van der Waals surface area contributed by atoms with E-state index in [9.17, 15) is 4.79 Å². The van der Waals surface area contributed by atoms with Crippen LogP contribution in [0.1, 0.15) is 33.6 Å². The summed E-state index contributed by atoms with van der Waals surface area (Å²) < 4.78 is 0. The van der Waals surface area contributed by atoms with Gasteiger partial charge >= 0.3 is 0 Å². The molecular weight excluding hydrogens is 174 g/mol. The summed E-state index contributed by atoms with van der Waals surface area (Å²) in [5, 5.41) is 0. The molecule has 1 aliphatic rings. The van der Waals surface area contributed by atoms with Crippen LogP contribution in [0.2, 0.25) is 0 Å². The van der Waals surface area contributed by atoms with Gasteiger partial charge < -0.3 is 0 Å². The van der Waals surface area contributed by atoms with Crippen LogP contribution in [0.5, 0.6) is 0 Å². The van der Waals surface area contributed by atoms with Gasteiger partial charge in [0.2, 0.25) is 0 Å². The van der Waals surface area contributed by atoms with Crippen molar-refractivity contribution in [2.75, 3.05) is 19.6 Å². The van der Waals surface area contributed by atoms with Crippen molar-refractivity contribution in [3.05, 3.63) is 11.6 Å². The number of rotatable bonds is 4. The minimum absolute atomic E-state index is 0.357. The highest BCUT2D eigenvalue weighted by atomic mass is 16.1. The van der Waals surface area contributed by atoms with Gasteiger partial charge in [-0.2, -0.15) is 0 Å². The van der Waals surface area contributed by atoms with E-state index >= 15 is 0 Å². The third-order valence-corrected chi connectivity index (χ3v) is 2.95. The highest BCUT2D eigenvalue weighted by Crippen LogP contribution is 2.20. The van der Waals surface area contributed by atoms with Gasteiger partial charge in [0.05, 0.1) is 0 Å². The molecule has 0 saturated carbocycles. The zero-order chi connectivity index (χ0) is 10.6. The fraction of sp³-hybridized carbons (Fsp3) is 0.750. The van der Waals surface area contributed by atoms with Crippen LogP contribution in [0.4, 0.5) is 0 Å². The van der Waals surface area contributed by atoms with Crippen LogP contribution in [0.3, 0.4) is 0 Å². The van der Waals surface area contributed by atoms with Gasteiger partial charge in [0.15, 0.2) is 5.78 Å². The lowest BCUT2D eigenvalue weighted by molar-refractivity contribution is -0.117. The van der Waals surface area contributed by atoms with Crippen molar-refractivity contribution in [3.8, 4) is 0 Å². The first-order valence-corrected chi connectivity index (χ1v) is 5.61. The first kappa shape index (κ1) is 11.4. The number of carbonyl (C=O) groups excluding carboxylic acids is 1. The lowest BCUT2D eigenvalue weighted by atomic mass is 9.90. The Morgan fingerprint density at radius 2 is 2.07 bits per heavy atom. The molecule has 0 heterocycles. The number of ketones is 1. The molecule has 1 unspecified atom stereocenters. The van der Waals surface area contributed by atoms with Gasteiger partial charge in [-0.25, -0.2) is 0 Å². The summed E-state index contributed by atoms with van der Waals surface area (Å²) in [6.45, 7) is 9.31. The van der Waals surface area contributed by atoms with E-state index < -0.39 is 0 Å². The van der Waals surface area contributed by atoms with Crippen LogP contribution >= 0.6 is 0 Å². The van der Waals surface area contributed by atoms with E-state index in [0.717, 1.165) is 38.0 Å². The summed E-state index contributed by atoms with van der Waals surface area (Å²) in [4.78, 5) is 14.0. The zero-order valence-electron chi connectivity index (χ0n) is 9.55. The smallest absolute Gasteiger partial charge is 0.160 e. The molecule has 1 aliphatic carbocycles. The first-order chi connectivity index (χ1) is 6.67. The van der Waals surface area contributed by atoms with Gasteiger partial charge in [-0.3, -0.25) is 9.69 Å².